The fourth-order valence-electron chi connectivity index (χ4n) is 7.28. The number of fused-ring (bicyclic) bond motifs is 9. The molecule has 0 atom stereocenters. The number of para-hydroxylation sites is 3. The van der Waals surface area contributed by atoms with Crippen molar-refractivity contribution in [2.24, 2.45) is 0 Å². The van der Waals surface area contributed by atoms with Gasteiger partial charge in [0, 0.05) is 16.2 Å². The number of nitrogens with zero attached hydrogens (tertiary/aromatic N) is 6. The van der Waals surface area contributed by atoms with Crippen LogP contribution in [0.4, 0.5) is 17.5 Å². The Labute approximate surface area is 290 Å². The fourth-order valence-corrected chi connectivity index (χ4v) is 7.28. The Morgan fingerprint density at radius 3 is 1.04 bits per heavy atom. The topological polar surface area (TPSA) is 137 Å². The van der Waals surface area contributed by atoms with Crippen LogP contribution in [0.3, 0.4) is 0 Å². The highest BCUT2D eigenvalue weighted by atomic mass is 16.5. The second-order valence-corrected chi connectivity index (χ2v) is 12.9. The van der Waals surface area contributed by atoms with Crippen LogP contribution in [0.15, 0.2) is 91.0 Å². The molecule has 0 unspecified atom stereocenters. The number of aromatic hydroxyl groups is 3. The zero-order chi connectivity index (χ0) is 34.2. The molecule has 0 fully saturated rings. The maximum Gasteiger partial charge on any atom is 0.162 e. The highest BCUT2D eigenvalue weighted by Gasteiger charge is 2.37. The lowest BCUT2D eigenvalue weighted by Gasteiger charge is -2.40. The van der Waals surface area contributed by atoms with Crippen LogP contribution >= 0.6 is 0 Å². The SMILES string of the molecule is Oc1cccc2ccc(N3COc4c(c5c(c6c4CN(c4ccc7cccc(O)c7n4)CO6)CN(c4ccc6cccc(O)c6n4)CO5)C3)nc12. The van der Waals surface area contributed by atoms with Crippen LogP contribution in [0.25, 0.3) is 32.7 Å². The van der Waals surface area contributed by atoms with E-state index in [1.165, 1.54) is 0 Å². The summed E-state index contributed by atoms with van der Waals surface area (Å²) in [4.78, 5) is 20.4. The van der Waals surface area contributed by atoms with Gasteiger partial charge in [-0.1, -0.05) is 36.4 Å². The largest absolute Gasteiger partial charge is 0.506 e. The summed E-state index contributed by atoms with van der Waals surface area (Å²) in [6.07, 6.45) is 0. The average Bonchev–Trinajstić information content (AvgIpc) is 3.17. The molecule has 3 aliphatic rings. The molecule has 0 saturated carbocycles. The average molecular weight is 679 g/mol. The van der Waals surface area contributed by atoms with Gasteiger partial charge in [0.25, 0.3) is 0 Å². The smallest absolute Gasteiger partial charge is 0.162 e. The van der Waals surface area contributed by atoms with E-state index < -0.39 is 0 Å². The first-order valence-electron chi connectivity index (χ1n) is 16.6. The highest BCUT2D eigenvalue weighted by Crippen LogP contribution is 2.50. The van der Waals surface area contributed by atoms with E-state index in [4.69, 9.17) is 29.2 Å². The predicted molar refractivity (Wildman–Crippen MR) is 192 cm³/mol. The van der Waals surface area contributed by atoms with E-state index in [0.717, 1.165) is 32.8 Å². The van der Waals surface area contributed by atoms with Gasteiger partial charge in [0.1, 0.15) is 68.5 Å². The second kappa shape index (κ2) is 11.2. The lowest BCUT2D eigenvalue weighted by Crippen LogP contribution is -2.40. The van der Waals surface area contributed by atoms with Crippen molar-refractivity contribution in [1.82, 2.24) is 15.0 Å². The van der Waals surface area contributed by atoms with Crippen LogP contribution in [0.2, 0.25) is 0 Å². The molecule has 6 heterocycles. The van der Waals surface area contributed by atoms with Crippen LogP contribution in [0.5, 0.6) is 34.5 Å². The Bertz CT molecular complexity index is 2260. The molecular formula is C39H30N6O6. The van der Waals surface area contributed by atoms with E-state index >= 15 is 0 Å². The van der Waals surface area contributed by atoms with Gasteiger partial charge in [-0.05, 0) is 54.6 Å². The molecule has 0 radical (unpaired) electrons. The molecule has 3 N–H and O–H groups in total. The van der Waals surface area contributed by atoms with Gasteiger partial charge in [0.2, 0.25) is 0 Å². The number of benzene rings is 4. The van der Waals surface area contributed by atoms with Gasteiger partial charge in [-0.25, -0.2) is 15.0 Å². The molecule has 0 aliphatic carbocycles. The number of anilines is 3. The maximum absolute atomic E-state index is 10.5. The quantitative estimate of drug-likeness (QED) is 0.188. The van der Waals surface area contributed by atoms with E-state index in [0.29, 0.717) is 70.9 Å². The molecule has 12 nitrogen and oxygen atoms in total. The first-order chi connectivity index (χ1) is 25.0. The lowest BCUT2D eigenvalue weighted by atomic mass is 9.96. The molecule has 4 aromatic carbocycles. The number of pyridine rings is 3. The first kappa shape index (κ1) is 29.2. The monoisotopic (exact) mass is 678 g/mol. The number of ether oxygens (including phenoxy) is 3. The van der Waals surface area contributed by atoms with Gasteiger partial charge in [-0.3, -0.25) is 0 Å². The van der Waals surface area contributed by atoms with Gasteiger partial charge < -0.3 is 44.2 Å². The third-order valence-electron chi connectivity index (χ3n) is 9.81. The van der Waals surface area contributed by atoms with E-state index in [2.05, 4.69) is 0 Å². The number of rotatable bonds is 3. The minimum atomic E-state index is 0.117. The molecule has 51 heavy (non-hydrogen) atoms. The van der Waals surface area contributed by atoms with Gasteiger partial charge >= 0.3 is 0 Å². The Morgan fingerprint density at radius 1 is 0.412 bits per heavy atom. The van der Waals surface area contributed by atoms with Crippen LogP contribution in [-0.2, 0) is 19.6 Å². The first-order valence-corrected chi connectivity index (χ1v) is 16.6. The summed E-state index contributed by atoms with van der Waals surface area (Å²) in [5.41, 5.74) is 4.17. The van der Waals surface area contributed by atoms with Crippen molar-refractivity contribution >= 4 is 50.2 Å². The van der Waals surface area contributed by atoms with Crippen LogP contribution < -0.4 is 28.9 Å². The molecule has 12 heteroatoms. The van der Waals surface area contributed by atoms with Crippen molar-refractivity contribution in [3.8, 4) is 34.5 Å². The van der Waals surface area contributed by atoms with Gasteiger partial charge in [0.15, 0.2) is 20.2 Å². The number of hydrogen-bond donors (Lipinski definition) is 3. The predicted octanol–water partition coefficient (Wildman–Crippen LogP) is 6.52. The van der Waals surface area contributed by atoms with Gasteiger partial charge in [-0.15, -0.1) is 0 Å². The molecule has 252 valence electrons. The van der Waals surface area contributed by atoms with Crippen molar-refractivity contribution in [3.63, 3.8) is 0 Å². The Hall–Kier alpha value is -6.69. The van der Waals surface area contributed by atoms with Gasteiger partial charge in [-0.2, -0.15) is 0 Å². The molecule has 3 aromatic heterocycles. The minimum Gasteiger partial charge on any atom is -0.506 e. The highest BCUT2D eigenvalue weighted by molar-refractivity contribution is 5.87. The molecule has 0 bridgehead atoms. The van der Waals surface area contributed by atoms with Crippen molar-refractivity contribution in [3.05, 3.63) is 108 Å². The van der Waals surface area contributed by atoms with Crippen molar-refractivity contribution in [2.75, 3.05) is 34.9 Å². The second-order valence-electron chi connectivity index (χ2n) is 12.9. The zero-order valence-electron chi connectivity index (χ0n) is 27.2. The van der Waals surface area contributed by atoms with E-state index in [1.54, 1.807) is 36.4 Å². The Kier molecular flexibility index (Phi) is 6.41. The summed E-state index contributed by atoms with van der Waals surface area (Å²) in [6.45, 7) is 2.01. The van der Waals surface area contributed by atoms with Crippen molar-refractivity contribution in [1.29, 1.82) is 0 Å². The Morgan fingerprint density at radius 2 is 0.725 bits per heavy atom. The molecular weight excluding hydrogens is 648 g/mol. The minimum absolute atomic E-state index is 0.117. The molecule has 7 aromatic rings. The van der Waals surface area contributed by atoms with E-state index in [1.807, 2.05) is 69.3 Å². The van der Waals surface area contributed by atoms with Gasteiger partial charge in [0.05, 0.1) is 36.3 Å². The maximum atomic E-state index is 10.5. The molecule has 0 amide bonds. The van der Waals surface area contributed by atoms with Crippen molar-refractivity contribution < 1.29 is 29.5 Å². The van der Waals surface area contributed by atoms with Crippen LogP contribution in [0.1, 0.15) is 16.7 Å². The zero-order valence-corrected chi connectivity index (χ0v) is 27.2. The summed E-state index contributed by atoms with van der Waals surface area (Å²) in [6, 6.07) is 27.6. The number of phenols is 3. The summed E-state index contributed by atoms with van der Waals surface area (Å²) in [5, 5.41) is 34.1. The normalized spacial score (nSPS) is 15.2. The number of aromatic nitrogens is 3. The third kappa shape index (κ3) is 4.71. The summed E-state index contributed by atoms with van der Waals surface area (Å²) in [5.74, 6) is 4.42. The number of hydrogen-bond acceptors (Lipinski definition) is 12. The molecule has 0 saturated heterocycles. The summed E-state index contributed by atoms with van der Waals surface area (Å²) >= 11 is 0. The number of phenolic OH excluding ortho intramolecular Hbond substituents is 3. The molecule has 10 rings (SSSR count). The van der Waals surface area contributed by atoms with E-state index in [-0.39, 0.29) is 37.4 Å². The molecule has 0 spiro atoms. The van der Waals surface area contributed by atoms with E-state index in [9.17, 15) is 15.3 Å². The molecule has 3 aliphatic heterocycles. The van der Waals surface area contributed by atoms with Crippen LogP contribution in [0, 0.1) is 0 Å². The summed E-state index contributed by atoms with van der Waals surface area (Å²) in [7, 11) is 0. The summed E-state index contributed by atoms with van der Waals surface area (Å²) < 4.78 is 19.7. The lowest BCUT2D eigenvalue weighted by molar-refractivity contribution is 0.233. The fraction of sp³-hybridized carbons (Fsp3) is 0.154. The Balaban J connectivity index is 1.06. The van der Waals surface area contributed by atoms with Crippen molar-refractivity contribution in [2.45, 2.75) is 19.6 Å². The standard InChI is InChI=1S/C39H30N6O6/c46-28-7-1-4-22-10-13-31(40-34(22)28)43-16-25-37(49-19-43)26-17-44(32-14-11-23-5-2-8-29(47)35(23)41-32)21-51-39(26)27-18-45(20-50-38(25)27)33-15-12-24-6-3-9-30(48)36(24)42-33/h1-15,46-48H,16-21H2. The van der Waals surface area contributed by atoms with Crippen LogP contribution in [-0.4, -0.2) is 50.5 Å². The third-order valence-corrected chi connectivity index (χ3v) is 9.81.